The van der Waals surface area contributed by atoms with E-state index in [1.165, 1.54) is 58.7 Å². The van der Waals surface area contributed by atoms with Crippen molar-refractivity contribution in [3.05, 3.63) is 0 Å². The minimum atomic E-state index is 0.621. The van der Waals surface area contributed by atoms with Crippen LogP contribution in [0.4, 0.5) is 0 Å². The lowest BCUT2D eigenvalue weighted by molar-refractivity contribution is 0.149. The van der Waals surface area contributed by atoms with Crippen LogP contribution < -0.4 is 5.32 Å². The molecule has 1 aliphatic rings. The van der Waals surface area contributed by atoms with E-state index in [1.807, 2.05) is 0 Å². The first-order chi connectivity index (χ1) is 8.65. The number of likely N-dealkylation sites (N-methyl/N-ethyl adjacent to an activating group) is 1. The lowest BCUT2D eigenvalue weighted by Crippen LogP contribution is -2.43. The van der Waals surface area contributed by atoms with Crippen molar-refractivity contribution >= 4 is 0 Å². The predicted molar refractivity (Wildman–Crippen MR) is 80.1 cm³/mol. The SMILES string of the molecule is CCN(CC)CCN1CCCC(CNC(C)C)C1. The molecule has 0 aromatic rings. The first-order valence-electron chi connectivity index (χ1n) is 7.83. The normalized spacial score (nSPS) is 22.0. The van der Waals surface area contributed by atoms with E-state index in [9.17, 15) is 0 Å². The van der Waals surface area contributed by atoms with Gasteiger partial charge in [0.25, 0.3) is 0 Å². The second-order valence-corrected chi connectivity index (χ2v) is 5.90. The molecule has 0 saturated carbocycles. The molecular weight excluding hydrogens is 222 g/mol. The van der Waals surface area contributed by atoms with Gasteiger partial charge in [-0.1, -0.05) is 27.7 Å². The molecule has 1 fully saturated rings. The Morgan fingerprint density at radius 1 is 1.28 bits per heavy atom. The maximum absolute atomic E-state index is 3.59. The van der Waals surface area contributed by atoms with Crippen LogP contribution in [0.15, 0.2) is 0 Å². The van der Waals surface area contributed by atoms with E-state index in [4.69, 9.17) is 0 Å². The van der Waals surface area contributed by atoms with Crippen molar-refractivity contribution in [3.8, 4) is 0 Å². The Bertz CT molecular complexity index is 202. The van der Waals surface area contributed by atoms with Gasteiger partial charge in [-0.2, -0.15) is 0 Å². The monoisotopic (exact) mass is 255 g/mol. The predicted octanol–water partition coefficient (Wildman–Crippen LogP) is 2.04. The van der Waals surface area contributed by atoms with Crippen LogP contribution in [0.5, 0.6) is 0 Å². The van der Waals surface area contributed by atoms with Gasteiger partial charge in [-0.25, -0.2) is 0 Å². The molecule has 1 heterocycles. The molecule has 108 valence electrons. The molecule has 1 aliphatic heterocycles. The van der Waals surface area contributed by atoms with Crippen LogP contribution in [0.1, 0.15) is 40.5 Å². The van der Waals surface area contributed by atoms with Crippen LogP contribution in [0.3, 0.4) is 0 Å². The van der Waals surface area contributed by atoms with Gasteiger partial charge in [-0.3, -0.25) is 0 Å². The fourth-order valence-electron chi connectivity index (χ4n) is 2.75. The number of rotatable bonds is 8. The maximum atomic E-state index is 3.59. The third-order valence-electron chi connectivity index (χ3n) is 4.04. The molecule has 0 aromatic carbocycles. The van der Waals surface area contributed by atoms with Gasteiger partial charge in [0.1, 0.15) is 0 Å². The number of nitrogens with one attached hydrogen (secondary N) is 1. The van der Waals surface area contributed by atoms with Gasteiger partial charge in [0.2, 0.25) is 0 Å². The van der Waals surface area contributed by atoms with Crippen molar-refractivity contribution in [2.45, 2.75) is 46.6 Å². The van der Waals surface area contributed by atoms with Gasteiger partial charge < -0.3 is 15.1 Å². The van der Waals surface area contributed by atoms with E-state index < -0.39 is 0 Å². The van der Waals surface area contributed by atoms with Gasteiger partial charge in [-0.15, -0.1) is 0 Å². The third-order valence-corrected chi connectivity index (χ3v) is 4.04. The average Bonchev–Trinajstić information content (AvgIpc) is 2.38. The third kappa shape index (κ3) is 6.17. The van der Waals surface area contributed by atoms with E-state index in [2.05, 4.69) is 42.8 Å². The van der Waals surface area contributed by atoms with Crippen LogP contribution in [-0.4, -0.2) is 61.7 Å². The van der Waals surface area contributed by atoms with Crippen LogP contribution in [0.2, 0.25) is 0 Å². The summed E-state index contributed by atoms with van der Waals surface area (Å²) in [5.74, 6) is 0.859. The molecular formula is C15H33N3. The zero-order chi connectivity index (χ0) is 13.4. The highest BCUT2D eigenvalue weighted by molar-refractivity contribution is 4.76. The molecule has 1 N–H and O–H groups in total. The van der Waals surface area contributed by atoms with Crippen molar-refractivity contribution in [1.29, 1.82) is 0 Å². The summed E-state index contributed by atoms with van der Waals surface area (Å²) in [4.78, 5) is 5.18. The highest BCUT2D eigenvalue weighted by Crippen LogP contribution is 2.15. The van der Waals surface area contributed by atoms with Crippen LogP contribution >= 0.6 is 0 Å². The Labute approximate surface area is 114 Å². The van der Waals surface area contributed by atoms with Gasteiger partial charge in [0, 0.05) is 25.7 Å². The minimum absolute atomic E-state index is 0.621. The van der Waals surface area contributed by atoms with Gasteiger partial charge in [0.05, 0.1) is 0 Å². The Morgan fingerprint density at radius 3 is 2.61 bits per heavy atom. The number of piperidine rings is 1. The highest BCUT2D eigenvalue weighted by Gasteiger charge is 2.19. The van der Waals surface area contributed by atoms with Crippen LogP contribution in [0, 0.1) is 5.92 Å². The van der Waals surface area contributed by atoms with Crippen molar-refractivity contribution in [3.63, 3.8) is 0 Å². The summed E-state index contributed by atoms with van der Waals surface area (Å²) in [7, 11) is 0. The number of likely N-dealkylation sites (tertiary alicyclic amines) is 1. The van der Waals surface area contributed by atoms with E-state index in [1.54, 1.807) is 0 Å². The molecule has 0 radical (unpaired) electrons. The first-order valence-corrected chi connectivity index (χ1v) is 7.83. The largest absolute Gasteiger partial charge is 0.314 e. The second-order valence-electron chi connectivity index (χ2n) is 5.90. The molecule has 3 nitrogen and oxygen atoms in total. The quantitative estimate of drug-likeness (QED) is 0.716. The Hall–Kier alpha value is -0.120. The van der Waals surface area contributed by atoms with Gasteiger partial charge in [0.15, 0.2) is 0 Å². The zero-order valence-corrected chi connectivity index (χ0v) is 12.9. The van der Waals surface area contributed by atoms with E-state index >= 15 is 0 Å². The minimum Gasteiger partial charge on any atom is -0.314 e. The van der Waals surface area contributed by atoms with Crippen molar-refractivity contribution < 1.29 is 0 Å². The Morgan fingerprint density at radius 2 is 2.00 bits per heavy atom. The number of hydrogen-bond donors (Lipinski definition) is 1. The fraction of sp³-hybridized carbons (Fsp3) is 1.00. The standard InChI is InChI=1S/C15H33N3/c1-5-17(6-2)10-11-18-9-7-8-15(13-18)12-16-14(3)4/h14-16H,5-13H2,1-4H3. The molecule has 0 spiro atoms. The maximum Gasteiger partial charge on any atom is 0.0109 e. The Kier molecular flexibility index (Phi) is 7.87. The van der Waals surface area contributed by atoms with Crippen molar-refractivity contribution in [1.82, 2.24) is 15.1 Å². The zero-order valence-electron chi connectivity index (χ0n) is 12.9. The summed E-state index contributed by atoms with van der Waals surface area (Å²) in [6.45, 7) is 17.6. The molecule has 0 bridgehead atoms. The lowest BCUT2D eigenvalue weighted by atomic mass is 9.98. The summed E-state index contributed by atoms with van der Waals surface area (Å²) in [5.41, 5.74) is 0. The molecule has 0 amide bonds. The molecule has 1 unspecified atom stereocenters. The number of hydrogen-bond acceptors (Lipinski definition) is 3. The molecule has 1 rings (SSSR count). The van der Waals surface area contributed by atoms with E-state index in [0.717, 1.165) is 5.92 Å². The van der Waals surface area contributed by atoms with Crippen molar-refractivity contribution in [2.24, 2.45) is 5.92 Å². The van der Waals surface area contributed by atoms with Crippen LogP contribution in [0.25, 0.3) is 0 Å². The number of nitrogens with zero attached hydrogens (tertiary/aromatic N) is 2. The lowest BCUT2D eigenvalue weighted by Gasteiger charge is -2.34. The van der Waals surface area contributed by atoms with Crippen LogP contribution in [-0.2, 0) is 0 Å². The average molecular weight is 255 g/mol. The topological polar surface area (TPSA) is 18.5 Å². The van der Waals surface area contributed by atoms with Gasteiger partial charge in [-0.05, 0) is 44.9 Å². The van der Waals surface area contributed by atoms with Crippen molar-refractivity contribution in [2.75, 3.05) is 45.8 Å². The summed E-state index contributed by atoms with van der Waals surface area (Å²) >= 11 is 0. The second kappa shape index (κ2) is 8.89. The van der Waals surface area contributed by atoms with E-state index in [-0.39, 0.29) is 0 Å². The first kappa shape index (κ1) is 15.9. The molecule has 1 atom stereocenters. The smallest absolute Gasteiger partial charge is 0.0109 e. The summed E-state index contributed by atoms with van der Waals surface area (Å²) in [6, 6.07) is 0.621. The molecule has 1 saturated heterocycles. The summed E-state index contributed by atoms with van der Waals surface area (Å²) < 4.78 is 0. The molecule has 0 aromatic heterocycles. The summed E-state index contributed by atoms with van der Waals surface area (Å²) in [5, 5.41) is 3.59. The molecule has 3 heteroatoms. The molecule has 18 heavy (non-hydrogen) atoms. The highest BCUT2D eigenvalue weighted by atomic mass is 15.2. The van der Waals surface area contributed by atoms with E-state index in [0.29, 0.717) is 6.04 Å². The fourth-order valence-corrected chi connectivity index (χ4v) is 2.75. The molecule has 0 aliphatic carbocycles. The Balaban J connectivity index is 2.21. The summed E-state index contributed by atoms with van der Waals surface area (Å²) in [6.07, 6.45) is 2.78. The van der Waals surface area contributed by atoms with Gasteiger partial charge >= 0.3 is 0 Å².